The molecule has 0 atom stereocenters. The number of carbonyl (C=O) groups is 1. The maximum atomic E-state index is 12.6. The van der Waals surface area contributed by atoms with Crippen molar-refractivity contribution in [3.63, 3.8) is 0 Å². The van der Waals surface area contributed by atoms with Crippen LogP contribution in [0, 0.1) is 11.8 Å². The van der Waals surface area contributed by atoms with Crippen molar-refractivity contribution in [3.8, 4) is 28.2 Å². The third-order valence-electron chi connectivity index (χ3n) is 4.05. The fraction of sp³-hybridized carbons (Fsp3) is 0.0435. The molecule has 29 heavy (non-hydrogen) atoms. The second-order valence-electron chi connectivity index (χ2n) is 6.03. The minimum absolute atomic E-state index is 0.246. The third kappa shape index (κ3) is 4.72. The van der Waals surface area contributed by atoms with Crippen LogP contribution in [-0.2, 0) is 0 Å². The highest BCUT2D eigenvalue weighted by molar-refractivity contribution is 7.13. The molecule has 1 N–H and O–H groups in total. The van der Waals surface area contributed by atoms with Gasteiger partial charge in [-0.2, -0.15) is 0 Å². The van der Waals surface area contributed by atoms with Gasteiger partial charge in [-0.15, -0.1) is 22.7 Å². The van der Waals surface area contributed by atoms with Gasteiger partial charge < -0.3 is 10.1 Å². The van der Waals surface area contributed by atoms with E-state index < -0.39 is 0 Å². The van der Waals surface area contributed by atoms with E-state index in [-0.39, 0.29) is 5.91 Å². The van der Waals surface area contributed by atoms with Crippen molar-refractivity contribution in [2.24, 2.45) is 0 Å². The number of methoxy groups -OCH3 is 1. The van der Waals surface area contributed by atoms with E-state index in [1.165, 1.54) is 11.3 Å². The summed E-state index contributed by atoms with van der Waals surface area (Å²) in [6, 6.07) is 19.0. The number of aromatic nitrogens is 1. The van der Waals surface area contributed by atoms with Crippen LogP contribution in [0.4, 0.5) is 5.69 Å². The van der Waals surface area contributed by atoms with Crippen molar-refractivity contribution in [1.29, 1.82) is 0 Å². The van der Waals surface area contributed by atoms with Crippen LogP contribution in [0.25, 0.3) is 10.6 Å². The molecule has 0 saturated heterocycles. The molecule has 0 unspecified atom stereocenters. The molecule has 0 spiro atoms. The predicted molar refractivity (Wildman–Crippen MR) is 119 cm³/mol. The van der Waals surface area contributed by atoms with Crippen molar-refractivity contribution < 1.29 is 9.53 Å². The SMILES string of the molecule is COc1ccc(-c2nc(C(=O)Nc3cccc(C#Cc4cccs4)c3)cs2)cc1. The number of hydrogen-bond donors (Lipinski definition) is 1. The Labute approximate surface area is 176 Å². The molecular formula is C23H16N2O2S2. The smallest absolute Gasteiger partial charge is 0.275 e. The van der Waals surface area contributed by atoms with Crippen LogP contribution in [0.3, 0.4) is 0 Å². The second-order valence-corrected chi connectivity index (χ2v) is 7.83. The van der Waals surface area contributed by atoms with Gasteiger partial charge >= 0.3 is 0 Å². The van der Waals surface area contributed by atoms with Gasteiger partial charge in [0.1, 0.15) is 16.5 Å². The zero-order chi connectivity index (χ0) is 20.1. The Morgan fingerprint density at radius 2 is 1.90 bits per heavy atom. The number of benzene rings is 2. The van der Waals surface area contributed by atoms with E-state index in [0.29, 0.717) is 11.4 Å². The molecule has 4 rings (SSSR count). The topological polar surface area (TPSA) is 51.2 Å². The van der Waals surface area contributed by atoms with Gasteiger partial charge in [-0.05, 0) is 53.9 Å². The van der Waals surface area contributed by atoms with Crippen molar-refractivity contribution in [2.75, 3.05) is 12.4 Å². The number of thiophene rings is 1. The van der Waals surface area contributed by atoms with Crippen molar-refractivity contribution >= 4 is 34.3 Å². The number of hydrogen-bond acceptors (Lipinski definition) is 5. The Hall–Kier alpha value is -3.40. The summed E-state index contributed by atoms with van der Waals surface area (Å²) in [5.74, 6) is 6.78. The molecule has 1 amide bonds. The first-order valence-electron chi connectivity index (χ1n) is 8.78. The number of amides is 1. The zero-order valence-corrected chi connectivity index (χ0v) is 17.1. The highest BCUT2D eigenvalue weighted by atomic mass is 32.1. The van der Waals surface area contributed by atoms with Crippen molar-refractivity contribution in [2.45, 2.75) is 0 Å². The summed E-state index contributed by atoms with van der Waals surface area (Å²) < 4.78 is 5.17. The fourth-order valence-corrected chi connectivity index (χ4v) is 3.97. The zero-order valence-electron chi connectivity index (χ0n) is 15.5. The quantitative estimate of drug-likeness (QED) is 0.445. The first-order valence-corrected chi connectivity index (χ1v) is 10.5. The monoisotopic (exact) mass is 416 g/mol. The maximum Gasteiger partial charge on any atom is 0.275 e. The van der Waals surface area contributed by atoms with Crippen molar-refractivity contribution in [3.05, 3.63) is 87.6 Å². The lowest BCUT2D eigenvalue weighted by Gasteiger charge is -2.03. The molecule has 0 saturated carbocycles. The van der Waals surface area contributed by atoms with Crippen LogP contribution in [0.15, 0.2) is 71.4 Å². The number of ether oxygens (including phenoxy) is 1. The number of nitrogens with one attached hydrogen (secondary N) is 1. The molecule has 0 fully saturated rings. The number of carbonyl (C=O) groups excluding carboxylic acids is 1. The molecule has 6 heteroatoms. The summed E-state index contributed by atoms with van der Waals surface area (Å²) in [6.07, 6.45) is 0. The van der Waals surface area contributed by atoms with Gasteiger partial charge in [0.15, 0.2) is 0 Å². The Kier molecular flexibility index (Phi) is 5.71. The summed E-state index contributed by atoms with van der Waals surface area (Å²) >= 11 is 3.03. The second kappa shape index (κ2) is 8.74. The van der Waals surface area contributed by atoms with Crippen LogP contribution in [-0.4, -0.2) is 18.0 Å². The van der Waals surface area contributed by atoms with E-state index in [1.54, 1.807) is 23.8 Å². The normalized spacial score (nSPS) is 10.1. The summed E-state index contributed by atoms with van der Waals surface area (Å²) in [7, 11) is 1.63. The van der Waals surface area contributed by atoms with Gasteiger partial charge in [-0.3, -0.25) is 4.79 Å². The molecule has 2 aromatic heterocycles. The molecule has 0 aliphatic carbocycles. The number of thiazole rings is 1. The number of rotatable bonds is 4. The summed E-state index contributed by atoms with van der Waals surface area (Å²) in [6.45, 7) is 0. The Morgan fingerprint density at radius 3 is 2.66 bits per heavy atom. The molecule has 142 valence electrons. The predicted octanol–water partition coefficient (Wildman–Crippen LogP) is 5.53. The average Bonchev–Trinajstić information content (AvgIpc) is 3.45. The standard InChI is InChI=1S/C23H16N2O2S2/c1-27-19-10-8-17(9-11-19)23-25-21(15-29-23)22(26)24-18-5-2-4-16(14-18)7-12-20-6-3-13-28-20/h2-6,8-11,13-15H,1H3,(H,24,26). The summed E-state index contributed by atoms with van der Waals surface area (Å²) in [5.41, 5.74) is 2.86. The van der Waals surface area contributed by atoms with Gasteiger partial charge in [-0.1, -0.05) is 24.0 Å². The highest BCUT2D eigenvalue weighted by Gasteiger charge is 2.12. The average molecular weight is 417 g/mol. The number of anilines is 1. The van der Waals surface area contributed by atoms with E-state index in [9.17, 15) is 4.79 Å². The van der Waals surface area contributed by atoms with E-state index in [4.69, 9.17) is 4.74 Å². The van der Waals surface area contributed by atoms with E-state index in [1.807, 2.05) is 66.0 Å². The number of nitrogens with zero attached hydrogens (tertiary/aromatic N) is 1. The largest absolute Gasteiger partial charge is 0.497 e. The van der Waals surface area contributed by atoms with Gasteiger partial charge in [0.05, 0.1) is 12.0 Å². The van der Waals surface area contributed by atoms with Crippen molar-refractivity contribution in [1.82, 2.24) is 4.98 Å². The lowest BCUT2D eigenvalue weighted by molar-refractivity contribution is 0.102. The summed E-state index contributed by atoms with van der Waals surface area (Å²) in [5, 5.41) is 7.43. The molecular weight excluding hydrogens is 400 g/mol. The van der Waals surface area contributed by atoms with Gasteiger partial charge in [-0.25, -0.2) is 4.98 Å². The van der Waals surface area contributed by atoms with Crippen LogP contribution in [0.2, 0.25) is 0 Å². The Balaban J connectivity index is 1.47. The molecule has 0 aliphatic heterocycles. The highest BCUT2D eigenvalue weighted by Crippen LogP contribution is 2.26. The van der Waals surface area contributed by atoms with Crippen LogP contribution in [0.1, 0.15) is 20.9 Å². The molecule has 2 heterocycles. The van der Waals surface area contributed by atoms with E-state index >= 15 is 0 Å². The molecule has 0 radical (unpaired) electrons. The van der Waals surface area contributed by atoms with Crippen LogP contribution in [0.5, 0.6) is 5.75 Å². The van der Waals surface area contributed by atoms with E-state index in [0.717, 1.165) is 26.8 Å². The first kappa shape index (κ1) is 18.9. The van der Waals surface area contributed by atoms with E-state index in [2.05, 4.69) is 22.1 Å². The minimum Gasteiger partial charge on any atom is -0.497 e. The molecule has 4 aromatic rings. The lowest BCUT2D eigenvalue weighted by Crippen LogP contribution is -2.12. The fourth-order valence-electron chi connectivity index (χ4n) is 2.60. The maximum absolute atomic E-state index is 12.6. The van der Waals surface area contributed by atoms with Gasteiger partial charge in [0, 0.05) is 22.2 Å². The molecule has 0 bridgehead atoms. The van der Waals surface area contributed by atoms with Crippen LogP contribution < -0.4 is 10.1 Å². The summed E-state index contributed by atoms with van der Waals surface area (Å²) in [4.78, 5) is 18.1. The Morgan fingerprint density at radius 1 is 1.03 bits per heavy atom. The molecule has 0 aliphatic rings. The van der Waals surface area contributed by atoms with Gasteiger partial charge in [0.2, 0.25) is 0 Å². The first-order chi connectivity index (χ1) is 14.2. The van der Waals surface area contributed by atoms with Gasteiger partial charge in [0.25, 0.3) is 5.91 Å². The third-order valence-corrected chi connectivity index (χ3v) is 5.72. The molecule has 4 nitrogen and oxygen atoms in total. The lowest BCUT2D eigenvalue weighted by atomic mass is 10.2. The Bertz CT molecular complexity index is 1180. The molecule has 2 aromatic carbocycles. The van der Waals surface area contributed by atoms with Crippen LogP contribution >= 0.6 is 22.7 Å². The minimum atomic E-state index is -0.246.